The van der Waals surface area contributed by atoms with Gasteiger partial charge in [0, 0.05) is 13.1 Å². The van der Waals surface area contributed by atoms with Gasteiger partial charge in [-0.1, -0.05) is 6.92 Å². The third kappa shape index (κ3) is 2.99. The Morgan fingerprint density at radius 2 is 2.23 bits per heavy atom. The second-order valence-electron chi connectivity index (χ2n) is 3.77. The van der Waals surface area contributed by atoms with E-state index in [0.29, 0.717) is 12.6 Å². The van der Waals surface area contributed by atoms with Crippen molar-refractivity contribution in [3.05, 3.63) is 0 Å². The highest BCUT2D eigenvalue weighted by molar-refractivity contribution is 5.78. The molecule has 1 rings (SSSR count). The summed E-state index contributed by atoms with van der Waals surface area (Å²) in [4.78, 5) is 13.4. The van der Waals surface area contributed by atoms with Crippen LogP contribution in [0.2, 0.25) is 0 Å². The summed E-state index contributed by atoms with van der Waals surface area (Å²) >= 11 is 0. The van der Waals surface area contributed by atoms with E-state index in [-0.39, 0.29) is 5.91 Å². The van der Waals surface area contributed by atoms with Crippen molar-refractivity contribution >= 4 is 5.91 Å². The lowest BCUT2D eigenvalue weighted by Gasteiger charge is -2.34. The van der Waals surface area contributed by atoms with E-state index < -0.39 is 0 Å². The molecule has 0 aromatic heterocycles. The van der Waals surface area contributed by atoms with Crippen molar-refractivity contribution in [2.45, 2.75) is 38.6 Å². The minimum absolute atomic E-state index is 0.234. The van der Waals surface area contributed by atoms with Gasteiger partial charge in [0.05, 0.1) is 6.54 Å². The molecule has 1 amide bonds. The van der Waals surface area contributed by atoms with Gasteiger partial charge in [-0.05, 0) is 32.2 Å². The highest BCUT2D eigenvalue weighted by atomic mass is 16.2. The van der Waals surface area contributed by atoms with Gasteiger partial charge < -0.3 is 10.2 Å². The van der Waals surface area contributed by atoms with Gasteiger partial charge in [-0.25, -0.2) is 0 Å². The molecule has 76 valence electrons. The Kier molecular flexibility index (Phi) is 4.22. The molecule has 1 N–H and O–H groups in total. The van der Waals surface area contributed by atoms with Gasteiger partial charge in [0.15, 0.2) is 0 Å². The minimum Gasteiger partial charge on any atom is -0.342 e. The van der Waals surface area contributed by atoms with Crippen LogP contribution in [0.4, 0.5) is 0 Å². The number of hydrogen-bond donors (Lipinski definition) is 1. The molecule has 0 saturated heterocycles. The van der Waals surface area contributed by atoms with Crippen LogP contribution in [0.15, 0.2) is 0 Å². The van der Waals surface area contributed by atoms with E-state index in [1.165, 1.54) is 19.3 Å². The van der Waals surface area contributed by atoms with Crippen molar-refractivity contribution in [1.82, 2.24) is 10.2 Å². The SMILES string of the molecule is CCCNCC(=O)N(C)C1CCC1. The molecule has 1 aliphatic carbocycles. The van der Waals surface area contributed by atoms with Crippen molar-refractivity contribution in [2.75, 3.05) is 20.1 Å². The minimum atomic E-state index is 0.234. The number of nitrogens with one attached hydrogen (secondary N) is 1. The second kappa shape index (κ2) is 5.22. The summed E-state index contributed by atoms with van der Waals surface area (Å²) in [5, 5.41) is 3.13. The van der Waals surface area contributed by atoms with Crippen molar-refractivity contribution in [3.8, 4) is 0 Å². The number of carbonyl (C=O) groups is 1. The maximum absolute atomic E-state index is 11.5. The molecule has 0 bridgehead atoms. The Labute approximate surface area is 80.5 Å². The highest BCUT2D eigenvalue weighted by Crippen LogP contribution is 2.23. The zero-order valence-electron chi connectivity index (χ0n) is 8.68. The topological polar surface area (TPSA) is 32.3 Å². The molecule has 3 heteroatoms. The summed E-state index contributed by atoms with van der Waals surface area (Å²) < 4.78 is 0. The van der Waals surface area contributed by atoms with Crippen LogP contribution in [0.5, 0.6) is 0 Å². The zero-order valence-corrected chi connectivity index (χ0v) is 8.68. The number of carbonyl (C=O) groups excluding carboxylic acids is 1. The van der Waals surface area contributed by atoms with Crippen molar-refractivity contribution < 1.29 is 4.79 Å². The van der Waals surface area contributed by atoms with Gasteiger partial charge in [-0.15, -0.1) is 0 Å². The van der Waals surface area contributed by atoms with Crippen molar-refractivity contribution in [3.63, 3.8) is 0 Å². The van der Waals surface area contributed by atoms with Crippen LogP contribution in [0.1, 0.15) is 32.6 Å². The van der Waals surface area contributed by atoms with E-state index in [1.807, 2.05) is 11.9 Å². The van der Waals surface area contributed by atoms with Gasteiger partial charge in [0.2, 0.25) is 5.91 Å². The van der Waals surface area contributed by atoms with Crippen molar-refractivity contribution in [1.29, 1.82) is 0 Å². The summed E-state index contributed by atoms with van der Waals surface area (Å²) in [7, 11) is 1.92. The fourth-order valence-corrected chi connectivity index (χ4v) is 1.47. The van der Waals surface area contributed by atoms with E-state index in [0.717, 1.165) is 13.0 Å². The first kappa shape index (κ1) is 10.5. The number of hydrogen-bond acceptors (Lipinski definition) is 2. The van der Waals surface area contributed by atoms with Crippen LogP contribution in [-0.4, -0.2) is 37.0 Å². The fraction of sp³-hybridized carbons (Fsp3) is 0.900. The first-order valence-electron chi connectivity index (χ1n) is 5.22. The summed E-state index contributed by atoms with van der Waals surface area (Å²) in [6, 6.07) is 0.524. The van der Waals surface area contributed by atoms with Gasteiger partial charge in [0.1, 0.15) is 0 Å². The quantitative estimate of drug-likeness (QED) is 0.646. The second-order valence-corrected chi connectivity index (χ2v) is 3.77. The van der Waals surface area contributed by atoms with Crippen molar-refractivity contribution in [2.24, 2.45) is 0 Å². The first-order valence-corrected chi connectivity index (χ1v) is 5.22. The molecule has 3 nitrogen and oxygen atoms in total. The van der Waals surface area contributed by atoms with Gasteiger partial charge in [0.25, 0.3) is 0 Å². The molecule has 0 heterocycles. The lowest BCUT2D eigenvalue weighted by molar-refractivity contribution is -0.132. The standard InChI is InChI=1S/C10H20N2O/c1-3-7-11-8-10(13)12(2)9-5-4-6-9/h9,11H,3-8H2,1-2H3. The van der Waals surface area contributed by atoms with Crippen LogP contribution < -0.4 is 5.32 Å². The molecular weight excluding hydrogens is 164 g/mol. The molecule has 0 unspecified atom stereocenters. The normalized spacial score (nSPS) is 16.8. The summed E-state index contributed by atoms with van der Waals surface area (Å²) in [5.41, 5.74) is 0. The molecule has 1 fully saturated rings. The molecule has 1 aliphatic rings. The predicted molar refractivity (Wildman–Crippen MR) is 53.6 cm³/mol. The third-order valence-corrected chi connectivity index (χ3v) is 2.72. The Balaban J connectivity index is 2.13. The van der Waals surface area contributed by atoms with Crippen LogP contribution in [-0.2, 0) is 4.79 Å². The molecule has 0 aromatic carbocycles. The monoisotopic (exact) mass is 184 g/mol. The van der Waals surface area contributed by atoms with Crippen LogP contribution >= 0.6 is 0 Å². The summed E-state index contributed by atoms with van der Waals surface area (Å²) in [6.45, 7) is 3.54. The third-order valence-electron chi connectivity index (χ3n) is 2.72. The number of likely N-dealkylation sites (N-methyl/N-ethyl adjacent to an activating group) is 1. The maximum atomic E-state index is 11.5. The zero-order chi connectivity index (χ0) is 9.68. The van der Waals surface area contributed by atoms with Gasteiger partial charge >= 0.3 is 0 Å². The smallest absolute Gasteiger partial charge is 0.236 e. The van der Waals surface area contributed by atoms with Gasteiger partial charge in [-0.3, -0.25) is 4.79 Å². The molecule has 1 saturated carbocycles. The van der Waals surface area contributed by atoms with E-state index >= 15 is 0 Å². The molecule has 0 spiro atoms. The largest absolute Gasteiger partial charge is 0.342 e. The number of nitrogens with zero attached hydrogens (tertiary/aromatic N) is 1. The molecule has 0 radical (unpaired) electrons. The van der Waals surface area contributed by atoms with E-state index in [9.17, 15) is 4.79 Å². The fourth-order valence-electron chi connectivity index (χ4n) is 1.47. The lowest BCUT2D eigenvalue weighted by Crippen LogP contribution is -2.45. The average Bonchev–Trinajstić information content (AvgIpc) is 2.01. The maximum Gasteiger partial charge on any atom is 0.236 e. The Hall–Kier alpha value is -0.570. The molecule has 0 aliphatic heterocycles. The Morgan fingerprint density at radius 1 is 1.54 bits per heavy atom. The number of amides is 1. The molecule has 13 heavy (non-hydrogen) atoms. The Bertz CT molecular complexity index is 166. The van der Waals surface area contributed by atoms with Crippen LogP contribution in [0, 0.1) is 0 Å². The number of rotatable bonds is 5. The van der Waals surface area contributed by atoms with Crippen LogP contribution in [0.25, 0.3) is 0 Å². The summed E-state index contributed by atoms with van der Waals surface area (Å²) in [5.74, 6) is 0.234. The van der Waals surface area contributed by atoms with Gasteiger partial charge in [-0.2, -0.15) is 0 Å². The Morgan fingerprint density at radius 3 is 2.69 bits per heavy atom. The average molecular weight is 184 g/mol. The molecule has 0 aromatic rings. The van der Waals surface area contributed by atoms with E-state index in [1.54, 1.807) is 0 Å². The molecule has 0 atom stereocenters. The lowest BCUT2D eigenvalue weighted by atomic mass is 9.92. The first-order chi connectivity index (χ1) is 6.25. The molecular formula is C10H20N2O. The van der Waals surface area contributed by atoms with E-state index in [2.05, 4.69) is 12.2 Å². The predicted octanol–water partition coefficient (Wildman–Crippen LogP) is 0.997. The van der Waals surface area contributed by atoms with E-state index in [4.69, 9.17) is 0 Å². The highest BCUT2D eigenvalue weighted by Gasteiger charge is 2.24. The van der Waals surface area contributed by atoms with Crippen LogP contribution in [0.3, 0.4) is 0 Å². The summed E-state index contributed by atoms with van der Waals surface area (Å²) in [6.07, 6.45) is 4.75.